The van der Waals surface area contributed by atoms with Gasteiger partial charge in [0, 0.05) is 0 Å². The molecule has 0 radical (unpaired) electrons. The van der Waals surface area contributed by atoms with Crippen LogP contribution >= 0.6 is 0 Å². The van der Waals surface area contributed by atoms with E-state index in [0.717, 1.165) is 0 Å². The molecule has 0 aromatic carbocycles. The SMILES string of the molecule is CCC(S(=O)(=O)O)S(=O)(=O)O.[NaH]. The van der Waals surface area contributed by atoms with Crippen LogP contribution in [0.1, 0.15) is 13.3 Å². The molecule has 12 heavy (non-hydrogen) atoms. The molecule has 70 valence electrons. The average molecular weight is 228 g/mol. The van der Waals surface area contributed by atoms with Gasteiger partial charge in [-0.25, -0.2) is 0 Å². The Balaban J connectivity index is 0. The predicted octanol–water partition coefficient (Wildman–Crippen LogP) is -1.15. The molecule has 0 bridgehead atoms. The van der Waals surface area contributed by atoms with Gasteiger partial charge in [0.2, 0.25) is 4.58 Å². The van der Waals surface area contributed by atoms with Crippen LogP contribution < -0.4 is 0 Å². The van der Waals surface area contributed by atoms with Crippen LogP contribution in [0.25, 0.3) is 0 Å². The van der Waals surface area contributed by atoms with Gasteiger partial charge >= 0.3 is 29.6 Å². The summed E-state index contributed by atoms with van der Waals surface area (Å²) in [6.45, 7) is 1.21. The quantitative estimate of drug-likeness (QED) is 0.466. The zero-order chi connectivity index (χ0) is 9.28. The molecule has 0 aliphatic heterocycles. The van der Waals surface area contributed by atoms with E-state index in [9.17, 15) is 16.8 Å². The zero-order valence-corrected chi connectivity index (χ0v) is 7.26. The summed E-state index contributed by atoms with van der Waals surface area (Å²) in [7, 11) is -9.42. The molecule has 6 nitrogen and oxygen atoms in total. The molecule has 0 aromatic rings. The minimum atomic E-state index is -4.71. The molecule has 0 spiro atoms. The molecule has 0 amide bonds. The van der Waals surface area contributed by atoms with Crippen LogP contribution in [0.5, 0.6) is 0 Å². The molecule has 0 saturated carbocycles. The zero-order valence-electron chi connectivity index (χ0n) is 5.63. The Bertz CT molecular complexity index is 283. The van der Waals surface area contributed by atoms with Crippen molar-refractivity contribution in [3.8, 4) is 0 Å². The van der Waals surface area contributed by atoms with E-state index in [2.05, 4.69) is 0 Å². The Hall–Kier alpha value is 0.820. The van der Waals surface area contributed by atoms with Gasteiger partial charge in [0.25, 0.3) is 20.2 Å². The predicted molar refractivity (Wildman–Crippen MR) is 44.3 cm³/mol. The Morgan fingerprint density at radius 1 is 1.08 bits per heavy atom. The molecule has 0 heterocycles. The third-order valence-electron chi connectivity index (χ3n) is 0.998. The van der Waals surface area contributed by atoms with Crippen molar-refractivity contribution in [2.24, 2.45) is 0 Å². The topological polar surface area (TPSA) is 109 Å². The van der Waals surface area contributed by atoms with Crippen molar-refractivity contribution in [2.75, 3.05) is 0 Å². The van der Waals surface area contributed by atoms with Crippen molar-refractivity contribution < 1.29 is 25.9 Å². The molecular weight excluding hydrogens is 219 g/mol. The van der Waals surface area contributed by atoms with Gasteiger partial charge in [0.1, 0.15) is 0 Å². The minimum absolute atomic E-state index is 0. The number of rotatable bonds is 3. The van der Waals surface area contributed by atoms with Gasteiger partial charge in [-0.1, -0.05) is 6.92 Å². The number of hydrogen-bond acceptors (Lipinski definition) is 4. The van der Waals surface area contributed by atoms with Crippen LogP contribution in [0.15, 0.2) is 0 Å². The summed E-state index contributed by atoms with van der Waals surface area (Å²) in [4.78, 5) is 0. The molecule has 0 aromatic heterocycles. The van der Waals surface area contributed by atoms with Gasteiger partial charge in [-0.05, 0) is 6.42 Å². The molecule has 9 heteroatoms. The Kier molecular flexibility index (Phi) is 6.24. The first-order valence-electron chi connectivity index (χ1n) is 2.62. The molecule has 0 aliphatic carbocycles. The second-order valence-electron chi connectivity index (χ2n) is 1.87. The fraction of sp³-hybridized carbons (Fsp3) is 1.00. The Labute approximate surface area is 93.1 Å². The second kappa shape index (κ2) is 4.89. The molecule has 0 saturated heterocycles. The molecule has 0 atom stereocenters. The maximum atomic E-state index is 10.2. The van der Waals surface area contributed by atoms with Crippen LogP contribution in [-0.2, 0) is 20.2 Å². The standard InChI is InChI=1S/C3H8O6S2.Na.H/c1-2-3(10(4,5)6)11(7,8)9;;/h3H,2H2,1H3,(H,4,5,6)(H,7,8,9);;. The second-order valence-corrected chi connectivity index (χ2v) is 5.36. The monoisotopic (exact) mass is 228 g/mol. The van der Waals surface area contributed by atoms with Gasteiger partial charge in [-0.3, -0.25) is 9.11 Å². The fourth-order valence-electron chi connectivity index (χ4n) is 0.575. The van der Waals surface area contributed by atoms with Crippen LogP contribution in [0.2, 0.25) is 0 Å². The van der Waals surface area contributed by atoms with Gasteiger partial charge in [0.15, 0.2) is 0 Å². The molecule has 0 unspecified atom stereocenters. The fourth-order valence-corrected chi connectivity index (χ4v) is 2.65. The van der Waals surface area contributed by atoms with E-state index < -0.39 is 31.2 Å². The van der Waals surface area contributed by atoms with Crippen molar-refractivity contribution in [2.45, 2.75) is 17.9 Å². The van der Waals surface area contributed by atoms with E-state index >= 15 is 0 Å². The van der Waals surface area contributed by atoms with E-state index in [4.69, 9.17) is 9.11 Å². The molecular formula is C3H9NaO6S2. The first-order valence-corrected chi connectivity index (χ1v) is 5.63. The van der Waals surface area contributed by atoms with E-state index in [1.807, 2.05) is 0 Å². The van der Waals surface area contributed by atoms with E-state index in [-0.39, 0.29) is 29.6 Å². The van der Waals surface area contributed by atoms with Crippen molar-refractivity contribution >= 4 is 49.8 Å². The summed E-state index contributed by atoms with van der Waals surface area (Å²) in [5.74, 6) is 0. The number of hydrogen-bond donors (Lipinski definition) is 2. The Morgan fingerprint density at radius 2 is 1.33 bits per heavy atom. The third kappa shape index (κ3) is 4.75. The van der Waals surface area contributed by atoms with Crippen LogP contribution in [0.3, 0.4) is 0 Å². The van der Waals surface area contributed by atoms with Gasteiger partial charge in [-0.2, -0.15) is 16.8 Å². The summed E-state index contributed by atoms with van der Waals surface area (Å²) in [6.07, 6.45) is -0.391. The van der Waals surface area contributed by atoms with Gasteiger partial charge < -0.3 is 0 Å². The van der Waals surface area contributed by atoms with E-state index in [1.165, 1.54) is 6.92 Å². The van der Waals surface area contributed by atoms with Crippen molar-refractivity contribution in [1.82, 2.24) is 0 Å². The first kappa shape index (κ1) is 15.3. The molecule has 0 fully saturated rings. The van der Waals surface area contributed by atoms with Crippen LogP contribution in [-0.4, -0.2) is 60.1 Å². The molecule has 0 aliphatic rings. The third-order valence-corrected chi connectivity index (χ3v) is 4.45. The summed E-state index contributed by atoms with van der Waals surface area (Å²) in [6, 6.07) is 0. The summed E-state index contributed by atoms with van der Waals surface area (Å²) >= 11 is 0. The van der Waals surface area contributed by atoms with E-state index in [0.29, 0.717) is 0 Å². The van der Waals surface area contributed by atoms with E-state index in [1.54, 1.807) is 0 Å². The summed E-state index contributed by atoms with van der Waals surface area (Å²) in [5.41, 5.74) is 0. The molecule has 2 N–H and O–H groups in total. The van der Waals surface area contributed by atoms with Crippen LogP contribution in [0, 0.1) is 0 Å². The molecule has 0 rings (SSSR count). The van der Waals surface area contributed by atoms with Gasteiger partial charge in [-0.15, -0.1) is 0 Å². The Morgan fingerprint density at radius 3 is 1.33 bits per heavy atom. The van der Waals surface area contributed by atoms with Crippen molar-refractivity contribution in [3.05, 3.63) is 0 Å². The van der Waals surface area contributed by atoms with Crippen molar-refractivity contribution in [3.63, 3.8) is 0 Å². The maximum absolute atomic E-state index is 10.2. The first-order chi connectivity index (χ1) is 4.69. The summed E-state index contributed by atoms with van der Waals surface area (Å²) < 4.78 is 55.3. The van der Waals surface area contributed by atoms with Crippen LogP contribution in [0.4, 0.5) is 0 Å². The van der Waals surface area contributed by atoms with Crippen molar-refractivity contribution in [1.29, 1.82) is 0 Å². The normalized spacial score (nSPS) is 12.7. The summed E-state index contributed by atoms with van der Waals surface area (Å²) in [5, 5.41) is 0. The van der Waals surface area contributed by atoms with Gasteiger partial charge in [0.05, 0.1) is 0 Å². The average Bonchev–Trinajstić information content (AvgIpc) is 1.56.